The topological polar surface area (TPSA) is 43.9 Å². The van der Waals surface area contributed by atoms with E-state index in [4.69, 9.17) is 0 Å². The van der Waals surface area contributed by atoms with Crippen molar-refractivity contribution in [2.75, 3.05) is 45.8 Å². The summed E-state index contributed by atoms with van der Waals surface area (Å²) in [6.07, 6.45) is 2.38. The van der Waals surface area contributed by atoms with Crippen LogP contribution in [0, 0.1) is 5.92 Å². The maximum absolute atomic E-state index is 12.8. The standard InChI is InChI=1S/C20H29N3O2/c1-2-9-21-11-13-22(14-12-21)20(25)18-15-19(24)23(16-18)10-8-17-6-4-3-5-7-17/h3-7,18H,2,8-16H2,1H3/t18-/m1/s1. The molecule has 136 valence electrons. The Hall–Kier alpha value is -1.88. The summed E-state index contributed by atoms with van der Waals surface area (Å²) in [5.41, 5.74) is 1.23. The number of benzene rings is 1. The molecule has 0 bridgehead atoms. The Kier molecular flexibility index (Phi) is 6.08. The molecule has 5 heteroatoms. The minimum Gasteiger partial charge on any atom is -0.342 e. The minimum absolute atomic E-state index is 0.124. The molecule has 0 spiro atoms. The van der Waals surface area contributed by atoms with Gasteiger partial charge in [-0.3, -0.25) is 14.5 Å². The maximum atomic E-state index is 12.8. The summed E-state index contributed by atoms with van der Waals surface area (Å²) in [4.78, 5) is 31.3. The van der Waals surface area contributed by atoms with E-state index in [9.17, 15) is 9.59 Å². The molecule has 1 aromatic carbocycles. The lowest BCUT2D eigenvalue weighted by atomic mass is 10.1. The fourth-order valence-corrected chi connectivity index (χ4v) is 3.83. The van der Waals surface area contributed by atoms with Crippen LogP contribution >= 0.6 is 0 Å². The predicted molar refractivity (Wildman–Crippen MR) is 98.1 cm³/mol. The average Bonchev–Trinajstić information content (AvgIpc) is 3.02. The molecule has 0 saturated carbocycles. The van der Waals surface area contributed by atoms with E-state index in [0.29, 0.717) is 19.5 Å². The Labute approximate surface area is 150 Å². The van der Waals surface area contributed by atoms with Gasteiger partial charge in [0.15, 0.2) is 0 Å². The van der Waals surface area contributed by atoms with Crippen molar-refractivity contribution in [1.82, 2.24) is 14.7 Å². The second-order valence-electron chi connectivity index (χ2n) is 7.14. The zero-order valence-corrected chi connectivity index (χ0v) is 15.2. The molecule has 2 aliphatic heterocycles. The summed E-state index contributed by atoms with van der Waals surface area (Å²) < 4.78 is 0. The lowest BCUT2D eigenvalue weighted by molar-refractivity contribution is -0.137. The lowest BCUT2D eigenvalue weighted by Crippen LogP contribution is -2.50. The fourth-order valence-electron chi connectivity index (χ4n) is 3.83. The van der Waals surface area contributed by atoms with Crippen LogP contribution < -0.4 is 0 Å². The van der Waals surface area contributed by atoms with Crippen molar-refractivity contribution >= 4 is 11.8 Å². The van der Waals surface area contributed by atoms with Crippen LogP contribution in [0.3, 0.4) is 0 Å². The number of nitrogens with zero attached hydrogens (tertiary/aromatic N) is 3. The summed E-state index contributed by atoms with van der Waals surface area (Å²) in [6, 6.07) is 10.2. The third-order valence-electron chi connectivity index (χ3n) is 5.30. The zero-order valence-electron chi connectivity index (χ0n) is 15.2. The molecule has 0 radical (unpaired) electrons. The first kappa shape index (κ1) is 17.9. The number of carbonyl (C=O) groups excluding carboxylic acids is 2. The molecule has 3 rings (SSSR count). The third kappa shape index (κ3) is 4.60. The SMILES string of the molecule is CCCN1CCN(C(=O)[C@@H]2CC(=O)N(CCc3ccccc3)C2)CC1. The van der Waals surface area contributed by atoms with Crippen LogP contribution in [0.25, 0.3) is 0 Å². The summed E-state index contributed by atoms with van der Waals surface area (Å²) in [6.45, 7) is 8.09. The van der Waals surface area contributed by atoms with E-state index in [2.05, 4.69) is 24.0 Å². The molecule has 1 aromatic rings. The highest BCUT2D eigenvalue weighted by Gasteiger charge is 2.36. The Bertz CT molecular complexity index is 582. The van der Waals surface area contributed by atoms with Crippen molar-refractivity contribution in [2.45, 2.75) is 26.2 Å². The van der Waals surface area contributed by atoms with Crippen molar-refractivity contribution in [3.8, 4) is 0 Å². The van der Waals surface area contributed by atoms with E-state index in [0.717, 1.165) is 45.6 Å². The predicted octanol–water partition coefficient (Wildman–Crippen LogP) is 1.63. The van der Waals surface area contributed by atoms with Crippen LogP contribution in [0.5, 0.6) is 0 Å². The molecule has 0 N–H and O–H groups in total. The molecule has 2 fully saturated rings. The summed E-state index contributed by atoms with van der Waals surface area (Å²) in [5, 5.41) is 0. The van der Waals surface area contributed by atoms with Crippen LogP contribution in [0.1, 0.15) is 25.3 Å². The number of likely N-dealkylation sites (tertiary alicyclic amines) is 1. The van der Waals surface area contributed by atoms with Gasteiger partial charge < -0.3 is 9.80 Å². The van der Waals surface area contributed by atoms with Crippen molar-refractivity contribution in [1.29, 1.82) is 0 Å². The first-order valence-electron chi connectivity index (χ1n) is 9.50. The van der Waals surface area contributed by atoms with Crippen LogP contribution in [0.4, 0.5) is 0 Å². The smallest absolute Gasteiger partial charge is 0.228 e. The molecule has 1 atom stereocenters. The van der Waals surface area contributed by atoms with Crippen LogP contribution in [-0.2, 0) is 16.0 Å². The Balaban J connectivity index is 1.47. The molecule has 2 saturated heterocycles. The van der Waals surface area contributed by atoms with Crippen LogP contribution in [0.15, 0.2) is 30.3 Å². The first-order valence-corrected chi connectivity index (χ1v) is 9.50. The van der Waals surface area contributed by atoms with Gasteiger partial charge in [-0.05, 0) is 24.9 Å². The second-order valence-corrected chi connectivity index (χ2v) is 7.14. The number of amides is 2. The molecule has 0 unspecified atom stereocenters. The molecule has 5 nitrogen and oxygen atoms in total. The second kappa shape index (κ2) is 8.48. The van der Waals surface area contributed by atoms with E-state index in [1.54, 1.807) is 0 Å². The number of hydrogen-bond donors (Lipinski definition) is 0. The molecular weight excluding hydrogens is 314 g/mol. The van der Waals surface area contributed by atoms with E-state index in [1.165, 1.54) is 5.56 Å². The summed E-state index contributed by atoms with van der Waals surface area (Å²) >= 11 is 0. The Morgan fingerprint density at radius 2 is 1.80 bits per heavy atom. The minimum atomic E-state index is -0.152. The van der Waals surface area contributed by atoms with Gasteiger partial charge in [0.25, 0.3) is 0 Å². The first-order chi connectivity index (χ1) is 12.2. The largest absolute Gasteiger partial charge is 0.342 e. The van der Waals surface area contributed by atoms with Gasteiger partial charge in [-0.2, -0.15) is 0 Å². The van der Waals surface area contributed by atoms with Gasteiger partial charge in [0.05, 0.1) is 5.92 Å². The van der Waals surface area contributed by atoms with Gasteiger partial charge in [-0.1, -0.05) is 37.3 Å². The fraction of sp³-hybridized carbons (Fsp3) is 0.600. The van der Waals surface area contributed by atoms with Gasteiger partial charge in [0.1, 0.15) is 0 Å². The Morgan fingerprint density at radius 1 is 1.08 bits per heavy atom. The Morgan fingerprint density at radius 3 is 2.48 bits per heavy atom. The summed E-state index contributed by atoms with van der Waals surface area (Å²) in [5.74, 6) is 0.145. The normalized spacial score (nSPS) is 21.8. The van der Waals surface area contributed by atoms with E-state index < -0.39 is 0 Å². The molecule has 0 aliphatic carbocycles. The highest BCUT2D eigenvalue weighted by Crippen LogP contribution is 2.21. The number of hydrogen-bond acceptors (Lipinski definition) is 3. The molecule has 2 aliphatic rings. The van der Waals surface area contributed by atoms with Gasteiger partial charge in [0, 0.05) is 45.7 Å². The van der Waals surface area contributed by atoms with Crippen LogP contribution in [-0.4, -0.2) is 72.3 Å². The van der Waals surface area contributed by atoms with Crippen molar-refractivity contribution in [3.05, 3.63) is 35.9 Å². The lowest BCUT2D eigenvalue weighted by Gasteiger charge is -2.35. The van der Waals surface area contributed by atoms with Crippen molar-refractivity contribution in [2.24, 2.45) is 5.92 Å². The van der Waals surface area contributed by atoms with Crippen molar-refractivity contribution < 1.29 is 9.59 Å². The third-order valence-corrected chi connectivity index (χ3v) is 5.30. The highest BCUT2D eigenvalue weighted by molar-refractivity contribution is 5.89. The molecule has 25 heavy (non-hydrogen) atoms. The molecule has 2 heterocycles. The van der Waals surface area contributed by atoms with Gasteiger partial charge in [-0.25, -0.2) is 0 Å². The maximum Gasteiger partial charge on any atom is 0.228 e. The molecule has 2 amide bonds. The van der Waals surface area contributed by atoms with Crippen molar-refractivity contribution in [3.63, 3.8) is 0 Å². The summed E-state index contributed by atoms with van der Waals surface area (Å²) in [7, 11) is 0. The van der Waals surface area contributed by atoms with Gasteiger partial charge in [0.2, 0.25) is 11.8 Å². The average molecular weight is 343 g/mol. The molecular formula is C20H29N3O2. The number of piperazine rings is 1. The van der Waals surface area contributed by atoms with Gasteiger partial charge >= 0.3 is 0 Å². The number of rotatable bonds is 6. The van der Waals surface area contributed by atoms with Crippen LogP contribution in [0.2, 0.25) is 0 Å². The van der Waals surface area contributed by atoms with E-state index in [-0.39, 0.29) is 17.7 Å². The molecule has 0 aromatic heterocycles. The highest BCUT2D eigenvalue weighted by atomic mass is 16.2. The number of carbonyl (C=O) groups is 2. The zero-order chi connectivity index (χ0) is 17.6. The van der Waals surface area contributed by atoms with E-state index >= 15 is 0 Å². The van der Waals surface area contributed by atoms with E-state index in [1.807, 2.05) is 28.0 Å². The quantitative estimate of drug-likeness (QED) is 0.789. The van der Waals surface area contributed by atoms with Gasteiger partial charge in [-0.15, -0.1) is 0 Å². The monoisotopic (exact) mass is 343 g/mol.